The fraction of sp³-hybridized carbons (Fsp3) is 0. The first kappa shape index (κ1) is 13.6. The van der Waals surface area contributed by atoms with E-state index in [1.165, 1.54) is 21.9 Å². The van der Waals surface area contributed by atoms with Gasteiger partial charge in [0, 0.05) is 11.4 Å². The van der Waals surface area contributed by atoms with E-state index in [9.17, 15) is 0 Å². The van der Waals surface area contributed by atoms with Crippen molar-refractivity contribution in [2.45, 2.75) is 0 Å². The number of hydrogen-bond donors (Lipinski definition) is 1. The summed E-state index contributed by atoms with van der Waals surface area (Å²) in [6.45, 7) is 0. The molecule has 109 valence electrons. The van der Waals surface area contributed by atoms with Crippen LogP contribution in [0.5, 0.6) is 0 Å². The molecule has 4 aromatic carbocycles. The molecule has 1 N–H and O–H groups in total. The van der Waals surface area contributed by atoms with E-state index in [0.29, 0.717) is 0 Å². The molecule has 4 aromatic rings. The van der Waals surface area contributed by atoms with Gasteiger partial charge < -0.3 is 5.32 Å². The van der Waals surface area contributed by atoms with Crippen molar-refractivity contribution in [2.75, 3.05) is 5.32 Å². The van der Waals surface area contributed by atoms with E-state index in [-0.39, 0.29) is 0 Å². The number of hydrogen-bond acceptors (Lipinski definition) is 1. The van der Waals surface area contributed by atoms with E-state index in [0.717, 1.165) is 11.4 Å². The van der Waals surface area contributed by atoms with Gasteiger partial charge in [-0.2, -0.15) is 0 Å². The molecule has 0 aliphatic carbocycles. The largest absolute Gasteiger partial charge is 0.356 e. The first-order valence-electron chi connectivity index (χ1n) is 7.71. The van der Waals surface area contributed by atoms with Gasteiger partial charge >= 0.3 is 0 Å². The molecular formula is C22H16N. The Labute approximate surface area is 136 Å². The van der Waals surface area contributed by atoms with Crippen LogP contribution in [0, 0.1) is 6.07 Å². The monoisotopic (exact) mass is 294 g/mol. The smallest absolute Gasteiger partial charge is 0.0384 e. The van der Waals surface area contributed by atoms with Crippen molar-refractivity contribution in [1.82, 2.24) is 0 Å². The Morgan fingerprint density at radius 2 is 1.30 bits per heavy atom. The standard InChI is InChI=1S/C22H16N/c1-2-9-19(10-3-1)23-20-15-13-18(14-16-20)22-12-6-8-17-7-4-5-11-21(17)22/h2-16,23H. The van der Waals surface area contributed by atoms with E-state index in [4.69, 9.17) is 0 Å². The zero-order chi connectivity index (χ0) is 15.5. The second-order valence-corrected chi connectivity index (χ2v) is 5.52. The van der Waals surface area contributed by atoms with Crippen LogP contribution in [-0.4, -0.2) is 0 Å². The van der Waals surface area contributed by atoms with E-state index < -0.39 is 0 Å². The highest BCUT2D eigenvalue weighted by molar-refractivity contribution is 5.96. The third kappa shape index (κ3) is 2.82. The van der Waals surface area contributed by atoms with E-state index in [2.05, 4.69) is 78.1 Å². The lowest BCUT2D eigenvalue weighted by atomic mass is 9.98. The first-order chi connectivity index (χ1) is 11.4. The van der Waals surface area contributed by atoms with Crippen LogP contribution < -0.4 is 5.32 Å². The molecule has 0 spiro atoms. The van der Waals surface area contributed by atoms with Crippen LogP contribution in [0.4, 0.5) is 11.4 Å². The molecule has 0 fully saturated rings. The SMILES string of the molecule is [c]1ccc(Nc2ccc(-c3cccc4ccccc34)cc2)cc1. The molecular weight excluding hydrogens is 278 g/mol. The lowest BCUT2D eigenvalue weighted by Crippen LogP contribution is -1.89. The zero-order valence-corrected chi connectivity index (χ0v) is 12.7. The van der Waals surface area contributed by atoms with Crippen LogP contribution in [0.15, 0.2) is 91.0 Å². The second-order valence-electron chi connectivity index (χ2n) is 5.52. The maximum atomic E-state index is 3.40. The van der Waals surface area contributed by atoms with Crippen molar-refractivity contribution in [1.29, 1.82) is 0 Å². The van der Waals surface area contributed by atoms with Gasteiger partial charge in [0.1, 0.15) is 0 Å². The van der Waals surface area contributed by atoms with Crippen LogP contribution in [-0.2, 0) is 0 Å². The topological polar surface area (TPSA) is 12.0 Å². The highest BCUT2D eigenvalue weighted by atomic mass is 14.9. The third-order valence-corrected chi connectivity index (χ3v) is 3.99. The van der Waals surface area contributed by atoms with Gasteiger partial charge in [-0.25, -0.2) is 0 Å². The van der Waals surface area contributed by atoms with Crippen LogP contribution in [0.1, 0.15) is 0 Å². The lowest BCUT2D eigenvalue weighted by molar-refractivity contribution is 1.54. The van der Waals surface area contributed by atoms with Gasteiger partial charge in [0.15, 0.2) is 0 Å². The number of anilines is 2. The normalized spacial score (nSPS) is 10.6. The quantitative estimate of drug-likeness (QED) is 0.485. The van der Waals surface area contributed by atoms with Crippen LogP contribution in [0.2, 0.25) is 0 Å². The van der Waals surface area contributed by atoms with Gasteiger partial charge in [0.05, 0.1) is 0 Å². The molecule has 0 unspecified atom stereocenters. The Morgan fingerprint density at radius 3 is 2.13 bits per heavy atom. The molecule has 0 saturated carbocycles. The molecule has 0 aliphatic heterocycles. The predicted molar refractivity (Wildman–Crippen MR) is 97.9 cm³/mol. The van der Waals surface area contributed by atoms with Gasteiger partial charge in [-0.1, -0.05) is 66.7 Å². The number of rotatable bonds is 3. The fourth-order valence-electron chi connectivity index (χ4n) is 2.85. The minimum absolute atomic E-state index is 1.07. The summed E-state index contributed by atoms with van der Waals surface area (Å²) in [5, 5.41) is 5.96. The number of nitrogens with one attached hydrogen (secondary N) is 1. The van der Waals surface area contributed by atoms with E-state index >= 15 is 0 Å². The Morgan fingerprint density at radius 1 is 0.609 bits per heavy atom. The molecule has 4 rings (SSSR count). The minimum Gasteiger partial charge on any atom is -0.356 e. The summed E-state index contributed by atoms with van der Waals surface area (Å²) >= 11 is 0. The van der Waals surface area contributed by atoms with Gasteiger partial charge in [-0.15, -0.1) is 0 Å². The summed E-state index contributed by atoms with van der Waals surface area (Å²) in [6, 6.07) is 34.4. The molecule has 0 aromatic heterocycles. The summed E-state index contributed by atoms with van der Waals surface area (Å²) in [4.78, 5) is 0. The van der Waals surface area contributed by atoms with E-state index in [1.807, 2.05) is 24.3 Å². The molecule has 23 heavy (non-hydrogen) atoms. The molecule has 0 aliphatic rings. The Hall–Kier alpha value is -3.06. The first-order valence-corrected chi connectivity index (χ1v) is 7.71. The van der Waals surface area contributed by atoms with Crippen molar-refractivity contribution >= 4 is 22.1 Å². The van der Waals surface area contributed by atoms with Crippen LogP contribution in [0.25, 0.3) is 21.9 Å². The Bertz CT molecular complexity index is 919. The maximum Gasteiger partial charge on any atom is 0.0384 e. The van der Waals surface area contributed by atoms with Gasteiger partial charge in [0.2, 0.25) is 0 Å². The molecule has 0 bridgehead atoms. The molecule has 1 radical (unpaired) electrons. The number of fused-ring (bicyclic) bond motifs is 1. The lowest BCUT2D eigenvalue weighted by Gasteiger charge is -2.09. The van der Waals surface area contributed by atoms with Crippen LogP contribution in [0.3, 0.4) is 0 Å². The van der Waals surface area contributed by atoms with Crippen molar-refractivity contribution in [3.8, 4) is 11.1 Å². The van der Waals surface area contributed by atoms with Crippen LogP contribution >= 0.6 is 0 Å². The molecule has 0 saturated heterocycles. The van der Waals surface area contributed by atoms with Crippen molar-refractivity contribution in [3.05, 3.63) is 97.1 Å². The van der Waals surface area contributed by atoms with Gasteiger partial charge in [-0.3, -0.25) is 0 Å². The van der Waals surface area contributed by atoms with Crippen molar-refractivity contribution in [2.24, 2.45) is 0 Å². The molecule has 1 nitrogen and oxygen atoms in total. The number of benzene rings is 4. The second kappa shape index (κ2) is 5.98. The van der Waals surface area contributed by atoms with Gasteiger partial charge in [0.25, 0.3) is 0 Å². The van der Waals surface area contributed by atoms with Gasteiger partial charge in [-0.05, 0) is 52.2 Å². The summed E-state index contributed by atoms with van der Waals surface area (Å²) in [5.74, 6) is 0. The summed E-state index contributed by atoms with van der Waals surface area (Å²) in [6.07, 6.45) is 0. The third-order valence-electron chi connectivity index (χ3n) is 3.99. The molecule has 1 heteroatoms. The summed E-state index contributed by atoms with van der Waals surface area (Å²) in [7, 11) is 0. The predicted octanol–water partition coefficient (Wildman–Crippen LogP) is 6.05. The molecule has 0 heterocycles. The Balaban J connectivity index is 1.68. The van der Waals surface area contributed by atoms with Crippen molar-refractivity contribution in [3.63, 3.8) is 0 Å². The average Bonchev–Trinajstić information content (AvgIpc) is 2.63. The highest BCUT2D eigenvalue weighted by Gasteiger charge is 2.03. The Kier molecular flexibility index (Phi) is 3.53. The fourth-order valence-corrected chi connectivity index (χ4v) is 2.85. The molecule has 0 atom stereocenters. The molecule has 0 amide bonds. The zero-order valence-electron chi connectivity index (χ0n) is 12.7. The highest BCUT2D eigenvalue weighted by Crippen LogP contribution is 2.29. The maximum absolute atomic E-state index is 3.40. The summed E-state index contributed by atoms with van der Waals surface area (Å²) in [5.41, 5.74) is 4.65. The summed E-state index contributed by atoms with van der Waals surface area (Å²) < 4.78 is 0. The average molecular weight is 294 g/mol. The minimum atomic E-state index is 1.07. The van der Waals surface area contributed by atoms with Crippen molar-refractivity contribution < 1.29 is 0 Å². The van der Waals surface area contributed by atoms with E-state index in [1.54, 1.807) is 0 Å².